The monoisotopic (exact) mass is 396 g/mol. The summed E-state index contributed by atoms with van der Waals surface area (Å²) in [5.41, 5.74) is -0.396. The van der Waals surface area contributed by atoms with Crippen LogP contribution in [0, 0.1) is 0 Å². The summed E-state index contributed by atoms with van der Waals surface area (Å²) in [4.78, 5) is 31.4. The molecular formula is C18H19F3N4O3. The van der Waals surface area contributed by atoms with E-state index in [1.165, 1.54) is 24.7 Å². The molecule has 0 radical (unpaired) electrons. The van der Waals surface area contributed by atoms with Crippen LogP contribution in [0.4, 0.5) is 19.0 Å². The first-order valence-electron chi connectivity index (χ1n) is 8.71. The maximum atomic E-state index is 12.6. The van der Waals surface area contributed by atoms with Crippen LogP contribution in [0.3, 0.4) is 0 Å². The number of hydrogen-bond donors (Lipinski definition) is 1. The molecule has 3 rings (SSSR count). The summed E-state index contributed by atoms with van der Waals surface area (Å²) >= 11 is 0. The molecule has 3 heterocycles. The number of furan rings is 1. The number of carbonyl (C=O) groups is 2. The smallest absolute Gasteiger partial charge is 0.417 e. The lowest BCUT2D eigenvalue weighted by Crippen LogP contribution is -2.49. The Morgan fingerprint density at radius 1 is 1.14 bits per heavy atom. The van der Waals surface area contributed by atoms with Crippen molar-refractivity contribution in [1.82, 2.24) is 15.2 Å². The first-order chi connectivity index (χ1) is 13.3. The van der Waals surface area contributed by atoms with E-state index < -0.39 is 11.7 Å². The highest BCUT2D eigenvalue weighted by atomic mass is 19.4. The van der Waals surface area contributed by atoms with Gasteiger partial charge in [-0.2, -0.15) is 13.2 Å². The fourth-order valence-electron chi connectivity index (χ4n) is 2.86. The van der Waals surface area contributed by atoms with Crippen molar-refractivity contribution >= 4 is 17.6 Å². The molecule has 1 aliphatic heterocycles. The standard InChI is InChI=1S/C18H19F3N4O3/c19-18(20,21)14-1-2-15(23-11-14)24-6-8-25(9-7-24)16(26)3-5-22-17(27)13-4-10-28-12-13/h1-2,4,10-12H,3,5-9H2,(H,22,27). The third-order valence-electron chi connectivity index (χ3n) is 4.44. The zero-order valence-electron chi connectivity index (χ0n) is 14.9. The SMILES string of the molecule is O=C(NCCC(=O)N1CCN(c2ccc(C(F)(F)F)cn2)CC1)c1ccoc1. The number of carbonyl (C=O) groups excluding carboxylic acids is 2. The van der Waals surface area contributed by atoms with E-state index in [2.05, 4.69) is 10.3 Å². The molecule has 0 aromatic carbocycles. The first kappa shape index (κ1) is 19.7. The van der Waals surface area contributed by atoms with Crippen LogP contribution in [0.2, 0.25) is 0 Å². The van der Waals surface area contributed by atoms with E-state index in [0.29, 0.717) is 37.6 Å². The molecular weight excluding hydrogens is 377 g/mol. The highest BCUT2D eigenvalue weighted by Gasteiger charge is 2.31. The van der Waals surface area contributed by atoms with Gasteiger partial charge in [-0.3, -0.25) is 9.59 Å². The summed E-state index contributed by atoms with van der Waals surface area (Å²) in [7, 11) is 0. The number of pyridine rings is 1. The highest BCUT2D eigenvalue weighted by Crippen LogP contribution is 2.29. The number of nitrogens with one attached hydrogen (secondary N) is 1. The fourth-order valence-corrected chi connectivity index (χ4v) is 2.86. The lowest BCUT2D eigenvalue weighted by molar-refractivity contribution is -0.137. The van der Waals surface area contributed by atoms with Crippen LogP contribution < -0.4 is 10.2 Å². The summed E-state index contributed by atoms with van der Waals surface area (Å²) in [5.74, 6) is 0.0553. The van der Waals surface area contributed by atoms with E-state index in [1.54, 1.807) is 4.90 Å². The zero-order chi connectivity index (χ0) is 20.1. The number of anilines is 1. The molecule has 1 N–H and O–H groups in total. The van der Waals surface area contributed by atoms with Gasteiger partial charge in [0.05, 0.1) is 17.4 Å². The van der Waals surface area contributed by atoms with E-state index in [4.69, 9.17) is 4.42 Å². The molecule has 0 spiro atoms. The minimum absolute atomic E-state index is 0.0903. The van der Waals surface area contributed by atoms with Gasteiger partial charge in [0.25, 0.3) is 5.91 Å². The Morgan fingerprint density at radius 2 is 1.89 bits per heavy atom. The van der Waals surface area contributed by atoms with Gasteiger partial charge in [-0.05, 0) is 18.2 Å². The predicted octanol–water partition coefficient (Wildman–Crippen LogP) is 2.16. The summed E-state index contributed by atoms with van der Waals surface area (Å²) in [6.45, 7) is 2.05. The van der Waals surface area contributed by atoms with Gasteiger partial charge in [-0.1, -0.05) is 0 Å². The lowest BCUT2D eigenvalue weighted by Gasteiger charge is -2.35. The normalized spacial score (nSPS) is 14.8. The maximum Gasteiger partial charge on any atom is 0.417 e. The van der Waals surface area contributed by atoms with Crippen LogP contribution >= 0.6 is 0 Å². The second kappa shape index (κ2) is 8.32. The molecule has 28 heavy (non-hydrogen) atoms. The van der Waals surface area contributed by atoms with Gasteiger partial charge >= 0.3 is 6.18 Å². The molecule has 10 heteroatoms. The number of piperazine rings is 1. The molecule has 0 bridgehead atoms. The quantitative estimate of drug-likeness (QED) is 0.838. The molecule has 7 nitrogen and oxygen atoms in total. The number of halogens is 3. The molecule has 0 unspecified atom stereocenters. The van der Waals surface area contributed by atoms with Crippen LogP contribution in [0.1, 0.15) is 22.3 Å². The molecule has 2 aromatic rings. The molecule has 1 fully saturated rings. The van der Waals surface area contributed by atoms with Crippen molar-refractivity contribution in [3.63, 3.8) is 0 Å². The second-order valence-electron chi connectivity index (χ2n) is 6.29. The van der Waals surface area contributed by atoms with Crippen LogP contribution in [0.25, 0.3) is 0 Å². The zero-order valence-corrected chi connectivity index (χ0v) is 14.9. The minimum Gasteiger partial charge on any atom is -0.472 e. The van der Waals surface area contributed by atoms with E-state index in [-0.39, 0.29) is 24.8 Å². The third kappa shape index (κ3) is 4.81. The molecule has 1 aliphatic rings. The largest absolute Gasteiger partial charge is 0.472 e. The Labute approximate surface area is 159 Å². The van der Waals surface area contributed by atoms with Gasteiger partial charge in [0, 0.05) is 45.3 Å². The van der Waals surface area contributed by atoms with Crippen molar-refractivity contribution in [3.8, 4) is 0 Å². The molecule has 0 aliphatic carbocycles. The number of alkyl halides is 3. The Bertz CT molecular complexity index is 798. The Hall–Kier alpha value is -3.04. The van der Waals surface area contributed by atoms with Crippen molar-refractivity contribution in [2.24, 2.45) is 0 Å². The van der Waals surface area contributed by atoms with Crippen molar-refractivity contribution in [3.05, 3.63) is 48.0 Å². The van der Waals surface area contributed by atoms with Crippen molar-refractivity contribution < 1.29 is 27.2 Å². The Balaban J connectivity index is 1.43. The molecule has 2 aromatic heterocycles. The van der Waals surface area contributed by atoms with Gasteiger partial charge < -0.3 is 19.5 Å². The Morgan fingerprint density at radius 3 is 2.46 bits per heavy atom. The van der Waals surface area contributed by atoms with Gasteiger partial charge in [0.15, 0.2) is 0 Å². The fraction of sp³-hybridized carbons (Fsp3) is 0.389. The lowest BCUT2D eigenvalue weighted by atomic mass is 10.2. The minimum atomic E-state index is -4.41. The van der Waals surface area contributed by atoms with Crippen LogP contribution in [0.15, 0.2) is 41.3 Å². The van der Waals surface area contributed by atoms with E-state index in [1.807, 2.05) is 4.90 Å². The predicted molar refractivity (Wildman–Crippen MR) is 93.7 cm³/mol. The molecule has 2 amide bonds. The van der Waals surface area contributed by atoms with Crippen molar-refractivity contribution in [2.75, 3.05) is 37.6 Å². The average molecular weight is 396 g/mol. The summed E-state index contributed by atoms with van der Waals surface area (Å²) in [6, 6.07) is 3.87. The van der Waals surface area contributed by atoms with Crippen LogP contribution in [-0.2, 0) is 11.0 Å². The van der Waals surface area contributed by atoms with Gasteiger partial charge in [0.1, 0.15) is 12.1 Å². The summed E-state index contributed by atoms with van der Waals surface area (Å²) in [5, 5.41) is 2.65. The number of nitrogens with zero attached hydrogens (tertiary/aromatic N) is 3. The van der Waals surface area contributed by atoms with Crippen molar-refractivity contribution in [1.29, 1.82) is 0 Å². The van der Waals surface area contributed by atoms with Gasteiger partial charge in [-0.15, -0.1) is 0 Å². The summed E-state index contributed by atoms with van der Waals surface area (Å²) in [6.07, 6.45) is -0.710. The molecule has 1 saturated heterocycles. The maximum absolute atomic E-state index is 12.6. The average Bonchev–Trinajstić information content (AvgIpc) is 3.22. The van der Waals surface area contributed by atoms with Crippen LogP contribution in [-0.4, -0.2) is 54.4 Å². The number of aromatic nitrogens is 1. The first-order valence-corrected chi connectivity index (χ1v) is 8.71. The molecule has 0 saturated carbocycles. The van der Waals surface area contributed by atoms with Gasteiger partial charge in [-0.25, -0.2) is 4.98 Å². The highest BCUT2D eigenvalue weighted by molar-refractivity contribution is 5.94. The van der Waals surface area contributed by atoms with Crippen LogP contribution in [0.5, 0.6) is 0 Å². The number of amides is 2. The summed E-state index contributed by atoms with van der Waals surface area (Å²) < 4.78 is 42.6. The van der Waals surface area contributed by atoms with E-state index >= 15 is 0 Å². The number of rotatable bonds is 5. The van der Waals surface area contributed by atoms with E-state index in [0.717, 1.165) is 12.3 Å². The molecule has 0 atom stereocenters. The number of hydrogen-bond acceptors (Lipinski definition) is 5. The van der Waals surface area contributed by atoms with E-state index in [9.17, 15) is 22.8 Å². The Kier molecular flexibility index (Phi) is 5.86. The topological polar surface area (TPSA) is 78.7 Å². The van der Waals surface area contributed by atoms with Gasteiger partial charge in [0.2, 0.25) is 5.91 Å². The third-order valence-corrected chi connectivity index (χ3v) is 4.44. The van der Waals surface area contributed by atoms with Crippen molar-refractivity contribution in [2.45, 2.75) is 12.6 Å². The second-order valence-corrected chi connectivity index (χ2v) is 6.29. The molecule has 150 valence electrons.